The summed E-state index contributed by atoms with van der Waals surface area (Å²) in [5, 5.41) is 5.51. The molecule has 0 amide bonds. The van der Waals surface area contributed by atoms with Gasteiger partial charge in [0.1, 0.15) is 22.3 Å². The van der Waals surface area contributed by atoms with Crippen molar-refractivity contribution in [3.05, 3.63) is 391 Å². The smallest absolute Gasteiger partial charge is 0.143 e. The SMILES string of the molecule is CC1(C)c2ccccc2-c2cccc(-c3cccc(N(c4ccc5c(c4)C4(c6ccccc6Sc6ccccc64)c4cc(N(c6ccccc6)c6cc7oc8ccccc8c7cc6-c6cc7ccccc7s6)ccc4-5)c4cc(-c5ccc6c(c5)Sc5ccccc5N6c5ccccc5)c5oc6ccccc6c5c4)c3)c21. The fourth-order valence-corrected chi connectivity index (χ4v) is 22.1. The van der Waals surface area contributed by atoms with Crippen LogP contribution in [0, 0.1) is 0 Å². The van der Waals surface area contributed by atoms with Crippen molar-refractivity contribution in [1.29, 1.82) is 0 Å². The van der Waals surface area contributed by atoms with Gasteiger partial charge in [-0.15, -0.1) is 11.3 Å². The van der Waals surface area contributed by atoms with Gasteiger partial charge < -0.3 is 23.5 Å². The number of benzene rings is 16. The van der Waals surface area contributed by atoms with Crippen LogP contribution in [-0.2, 0) is 10.8 Å². The first-order valence-electron chi connectivity index (χ1n) is 37.6. The Bertz CT molecular complexity index is 6990. The zero-order valence-corrected chi connectivity index (χ0v) is 62.4. The Labute approximate surface area is 649 Å². The first kappa shape index (κ1) is 63.3. The molecule has 0 bridgehead atoms. The van der Waals surface area contributed by atoms with Gasteiger partial charge in [-0.2, -0.15) is 0 Å². The molecule has 0 N–H and O–H groups in total. The van der Waals surface area contributed by atoms with E-state index in [1.165, 1.54) is 101 Å². The van der Waals surface area contributed by atoms with Crippen molar-refractivity contribution in [2.45, 2.75) is 44.3 Å². The van der Waals surface area contributed by atoms with Crippen LogP contribution in [0.15, 0.2) is 386 Å². The minimum atomic E-state index is -0.809. The monoisotopic (exact) mass is 1460 g/mol. The number of nitrogens with zero attached hydrogens (tertiary/aromatic N) is 3. The Hall–Kier alpha value is -12.8. The molecule has 23 rings (SSSR count). The fourth-order valence-electron chi connectivity index (χ4n) is 18.7. The van der Waals surface area contributed by atoms with Crippen molar-refractivity contribution in [2.75, 3.05) is 14.7 Å². The molecular formula is C102H65N3O2S3. The number of hydrogen-bond acceptors (Lipinski definition) is 8. The maximum atomic E-state index is 7.19. The summed E-state index contributed by atoms with van der Waals surface area (Å²) in [6.45, 7) is 4.79. The van der Waals surface area contributed by atoms with Crippen LogP contribution >= 0.6 is 34.9 Å². The average Bonchev–Trinajstić information content (AvgIpc) is 1.49. The standard InChI is InChI=1S/C102H65N3O2S3/c1-101(2)82-37-13-10-32-72(82)77-36-24-35-71(99(77)101)62-26-23-31-67(53-62)103(70-56-78(100-80(57-70)76-34-12-18-42-91(76)107-100)63-47-52-88-98(54-63)110-96-46-22-16-40-87(96)105(88)66-29-7-4-8-30-66)68-48-50-73-74-51-49-69(59-86(74)102(85(73)58-68)83-38-14-20-44-94(83)109-95-45-21-15-39-84(95)102)104(65-27-5-3-6-28-65)89-61-92-79(75-33-11-17-41-90(75)106-92)60-81(89)97-55-64-25-9-19-43-93(64)108-97/h3-61H,1-2H3. The van der Waals surface area contributed by atoms with Gasteiger partial charge in [0.05, 0.1) is 22.5 Å². The molecular weight excluding hydrogens is 1400 g/mol. The van der Waals surface area contributed by atoms with Crippen molar-refractivity contribution in [3.8, 4) is 54.9 Å². The molecule has 1 spiro atoms. The van der Waals surface area contributed by atoms with Crippen molar-refractivity contribution >= 4 is 140 Å². The van der Waals surface area contributed by atoms with Crippen LogP contribution in [-0.4, -0.2) is 0 Å². The Balaban J connectivity index is 0.768. The van der Waals surface area contributed by atoms with Gasteiger partial charge in [0.15, 0.2) is 0 Å². The predicted octanol–water partition coefficient (Wildman–Crippen LogP) is 29.7. The zero-order valence-electron chi connectivity index (χ0n) is 59.9. The summed E-state index contributed by atoms with van der Waals surface area (Å²) in [7, 11) is 0. The van der Waals surface area contributed by atoms with Crippen molar-refractivity contribution in [3.63, 3.8) is 0 Å². The molecule has 110 heavy (non-hydrogen) atoms. The third-order valence-electron chi connectivity index (χ3n) is 23.4. The van der Waals surface area contributed by atoms with E-state index < -0.39 is 5.41 Å². The van der Waals surface area contributed by atoms with E-state index in [2.05, 4.69) is 386 Å². The predicted molar refractivity (Wildman–Crippen MR) is 460 cm³/mol. The molecule has 518 valence electrons. The number of para-hydroxylation sites is 5. The molecule has 5 heterocycles. The summed E-state index contributed by atoms with van der Waals surface area (Å²) in [5.41, 5.74) is 30.1. The molecule has 0 unspecified atom stereocenters. The van der Waals surface area contributed by atoms with Gasteiger partial charge in [-0.3, -0.25) is 0 Å². The van der Waals surface area contributed by atoms with E-state index in [1.54, 1.807) is 0 Å². The molecule has 4 aliphatic rings. The van der Waals surface area contributed by atoms with E-state index in [9.17, 15) is 0 Å². The van der Waals surface area contributed by atoms with Crippen LogP contribution in [0.1, 0.15) is 47.2 Å². The number of fused-ring (bicyclic) bond motifs is 21. The Morgan fingerprint density at radius 3 is 1.65 bits per heavy atom. The molecule has 0 fully saturated rings. The van der Waals surface area contributed by atoms with Crippen LogP contribution in [0.4, 0.5) is 51.2 Å². The maximum Gasteiger partial charge on any atom is 0.143 e. The number of hydrogen-bond donors (Lipinski definition) is 0. The molecule has 5 nitrogen and oxygen atoms in total. The second kappa shape index (κ2) is 24.3. The van der Waals surface area contributed by atoms with Gasteiger partial charge in [0, 0.05) is 107 Å². The second-order valence-corrected chi connectivity index (χ2v) is 33.0. The summed E-state index contributed by atoms with van der Waals surface area (Å²) >= 11 is 5.53. The van der Waals surface area contributed by atoms with Gasteiger partial charge >= 0.3 is 0 Å². The molecule has 0 saturated carbocycles. The van der Waals surface area contributed by atoms with Crippen LogP contribution in [0.3, 0.4) is 0 Å². The number of thiophene rings is 1. The molecule has 0 atom stereocenters. The zero-order chi connectivity index (χ0) is 72.5. The number of furan rings is 2. The van der Waals surface area contributed by atoms with Gasteiger partial charge in [0.25, 0.3) is 0 Å². The van der Waals surface area contributed by atoms with Crippen molar-refractivity contribution in [1.82, 2.24) is 0 Å². The lowest BCUT2D eigenvalue weighted by Gasteiger charge is -2.40. The topological polar surface area (TPSA) is 36.0 Å². The highest BCUT2D eigenvalue weighted by Gasteiger charge is 2.51. The number of rotatable bonds is 10. The highest BCUT2D eigenvalue weighted by Crippen LogP contribution is 2.65. The molecule has 8 heteroatoms. The van der Waals surface area contributed by atoms with Crippen LogP contribution in [0.5, 0.6) is 0 Å². The van der Waals surface area contributed by atoms with E-state index in [4.69, 9.17) is 8.83 Å². The molecule has 0 radical (unpaired) electrons. The first-order valence-corrected chi connectivity index (χ1v) is 40.0. The minimum Gasteiger partial charge on any atom is -0.456 e. The van der Waals surface area contributed by atoms with Gasteiger partial charge in [-0.25, -0.2) is 0 Å². The minimum absolute atomic E-state index is 0.246. The van der Waals surface area contributed by atoms with Crippen molar-refractivity contribution < 1.29 is 8.83 Å². The van der Waals surface area contributed by atoms with Crippen LogP contribution in [0.2, 0.25) is 0 Å². The maximum absolute atomic E-state index is 7.19. The summed E-state index contributed by atoms with van der Waals surface area (Å²) in [4.78, 5) is 13.4. The highest BCUT2D eigenvalue weighted by atomic mass is 32.2. The Kier molecular flexibility index (Phi) is 14.0. The molecule has 19 aromatic rings. The van der Waals surface area contributed by atoms with Crippen molar-refractivity contribution in [2.24, 2.45) is 0 Å². The van der Waals surface area contributed by atoms with Crippen LogP contribution in [0.25, 0.3) is 109 Å². The lowest BCUT2D eigenvalue weighted by molar-refractivity contribution is 0.662. The first-order chi connectivity index (χ1) is 54.3. The lowest BCUT2D eigenvalue weighted by atomic mass is 9.67. The highest BCUT2D eigenvalue weighted by molar-refractivity contribution is 8.00. The largest absolute Gasteiger partial charge is 0.456 e. The third kappa shape index (κ3) is 9.43. The number of anilines is 9. The summed E-state index contributed by atoms with van der Waals surface area (Å²) < 4.78 is 15.3. The van der Waals surface area contributed by atoms with Gasteiger partial charge in [0.2, 0.25) is 0 Å². The summed E-state index contributed by atoms with van der Waals surface area (Å²) in [6.07, 6.45) is 0. The van der Waals surface area contributed by atoms with E-state index in [0.29, 0.717) is 0 Å². The molecule has 2 aliphatic carbocycles. The normalized spacial score (nSPS) is 13.8. The quantitative estimate of drug-likeness (QED) is 0.135. The van der Waals surface area contributed by atoms with E-state index >= 15 is 0 Å². The molecule has 2 aliphatic heterocycles. The Morgan fingerprint density at radius 1 is 0.309 bits per heavy atom. The fraction of sp³-hybridized carbons (Fsp3) is 0.0392. The third-order valence-corrected chi connectivity index (χ3v) is 26.8. The Morgan fingerprint density at radius 2 is 0.882 bits per heavy atom. The van der Waals surface area contributed by atoms with E-state index in [-0.39, 0.29) is 5.41 Å². The van der Waals surface area contributed by atoms with E-state index in [0.717, 1.165) is 112 Å². The van der Waals surface area contributed by atoms with E-state index in [1.807, 2.05) is 34.9 Å². The summed E-state index contributed by atoms with van der Waals surface area (Å²) in [5.74, 6) is 0. The second-order valence-electron chi connectivity index (χ2n) is 29.8. The summed E-state index contributed by atoms with van der Waals surface area (Å²) in [6, 6.07) is 133. The molecule has 0 saturated heterocycles. The van der Waals surface area contributed by atoms with Crippen LogP contribution < -0.4 is 14.7 Å². The van der Waals surface area contributed by atoms with Gasteiger partial charge in [-0.05, 0) is 217 Å². The van der Waals surface area contributed by atoms with Gasteiger partial charge in [-0.1, -0.05) is 250 Å². The average molecular weight is 1460 g/mol. The molecule has 16 aromatic carbocycles. The lowest BCUT2D eigenvalue weighted by Crippen LogP contribution is -2.32. The molecule has 3 aromatic heterocycles.